The molecule has 0 unspecified atom stereocenters. The number of hydrogen-bond acceptors (Lipinski definition) is 2. The van der Waals surface area contributed by atoms with Gasteiger partial charge in [-0.15, -0.1) is 0 Å². The largest absolute Gasteiger partial charge is 0.371 e. The molecule has 1 amide bonds. The van der Waals surface area contributed by atoms with Gasteiger partial charge in [-0.05, 0) is 18.8 Å². The third-order valence-electron chi connectivity index (χ3n) is 2.72. The van der Waals surface area contributed by atoms with Gasteiger partial charge in [-0.25, -0.2) is 13.2 Å². The maximum absolute atomic E-state index is 13.2. The highest BCUT2D eigenvalue weighted by atomic mass is 19.1. The van der Waals surface area contributed by atoms with Gasteiger partial charge in [0.15, 0.2) is 11.6 Å². The standard InChI is InChI=1S/C12H13F3N2O/c13-8-3-9(14)12(10(15)4-8)17-6-11(18)16-5-7-1-2-7/h3-4,7,17H,1-2,5-6H2,(H,16,18). The molecule has 3 nitrogen and oxygen atoms in total. The summed E-state index contributed by atoms with van der Waals surface area (Å²) in [6.45, 7) is 0.348. The molecule has 1 saturated carbocycles. The Hall–Kier alpha value is -1.72. The van der Waals surface area contributed by atoms with E-state index in [0.29, 0.717) is 24.6 Å². The first-order valence-corrected chi connectivity index (χ1v) is 5.71. The van der Waals surface area contributed by atoms with Gasteiger partial charge in [-0.3, -0.25) is 4.79 Å². The third-order valence-corrected chi connectivity index (χ3v) is 2.72. The average Bonchev–Trinajstić information content (AvgIpc) is 3.08. The van der Waals surface area contributed by atoms with Crippen molar-refractivity contribution in [1.82, 2.24) is 5.32 Å². The predicted molar refractivity (Wildman–Crippen MR) is 60.5 cm³/mol. The fourth-order valence-corrected chi connectivity index (χ4v) is 1.52. The van der Waals surface area contributed by atoms with Crippen molar-refractivity contribution in [2.24, 2.45) is 5.92 Å². The van der Waals surface area contributed by atoms with E-state index in [1.807, 2.05) is 0 Å². The van der Waals surface area contributed by atoms with Crippen LogP contribution in [-0.2, 0) is 4.79 Å². The van der Waals surface area contributed by atoms with E-state index in [4.69, 9.17) is 0 Å². The van der Waals surface area contributed by atoms with E-state index < -0.39 is 23.1 Å². The Balaban J connectivity index is 1.86. The predicted octanol–water partition coefficient (Wildman–Crippen LogP) is 2.04. The summed E-state index contributed by atoms with van der Waals surface area (Å²) in [7, 11) is 0. The Morgan fingerprint density at radius 1 is 1.22 bits per heavy atom. The molecule has 0 heterocycles. The van der Waals surface area contributed by atoms with Crippen LogP contribution >= 0.6 is 0 Å². The third kappa shape index (κ3) is 3.38. The van der Waals surface area contributed by atoms with E-state index >= 15 is 0 Å². The minimum atomic E-state index is -1.05. The molecule has 0 spiro atoms. The fraction of sp³-hybridized carbons (Fsp3) is 0.417. The van der Waals surface area contributed by atoms with Gasteiger partial charge < -0.3 is 10.6 Å². The lowest BCUT2D eigenvalue weighted by molar-refractivity contribution is -0.119. The maximum atomic E-state index is 13.2. The van der Waals surface area contributed by atoms with E-state index in [1.54, 1.807) is 0 Å². The van der Waals surface area contributed by atoms with Gasteiger partial charge in [0, 0.05) is 18.7 Å². The first kappa shape index (κ1) is 12.7. The second-order valence-electron chi connectivity index (χ2n) is 4.35. The number of carbonyl (C=O) groups is 1. The lowest BCUT2D eigenvalue weighted by Gasteiger charge is -2.09. The van der Waals surface area contributed by atoms with E-state index in [-0.39, 0.29) is 12.5 Å². The van der Waals surface area contributed by atoms with Gasteiger partial charge in [0.05, 0.1) is 6.54 Å². The molecule has 0 atom stereocenters. The Labute approximate surface area is 102 Å². The van der Waals surface area contributed by atoms with Crippen LogP contribution in [0.1, 0.15) is 12.8 Å². The Bertz CT molecular complexity index is 438. The molecule has 1 aliphatic carbocycles. The maximum Gasteiger partial charge on any atom is 0.239 e. The highest BCUT2D eigenvalue weighted by Gasteiger charge is 2.21. The number of carbonyl (C=O) groups excluding carboxylic acids is 1. The summed E-state index contributed by atoms with van der Waals surface area (Å²) in [4.78, 5) is 11.3. The fourth-order valence-electron chi connectivity index (χ4n) is 1.52. The van der Waals surface area contributed by atoms with Crippen molar-refractivity contribution in [2.45, 2.75) is 12.8 Å². The molecule has 1 aliphatic rings. The summed E-state index contributed by atoms with van der Waals surface area (Å²) in [6, 6.07) is 1.13. The van der Waals surface area contributed by atoms with Crippen molar-refractivity contribution in [3.05, 3.63) is 29.6 Å². The quantitative estimate of drug-likeness (QED) is 0.848. The van der Waals surface area contributed by atoms with Crippen molar-refractivity contribution in [1.29, 1.82) is 0 Å². The van der Waals surface area contributed by atoms with Gasteiger partial charge in [0.2, 0.25) is 5.91 Å². The van der Waals surface area contributed by atoms with Crippen LogP contribution < -0.4 is 10.6 Å². The molecule has 2 rings (SSSR count). The molecular weight excluding hydrogens is 245 g/mol. The molecular formula is C12H13F3N2O. The molecule has 0 radical (unpaired) electrons. The van der Waals surface area contributed by atoms with Crippen LogP contribution in [0.5, 0.6) is 0 Å². The van der Waals surface area contributed by atoms with Crippen LogP contribution in [0.2, 0.25) is 0 Å². The number of rotatable bonds is 5. The summed E-state index contributed by atoms with van der Waals surface area (Å²) in [5.74, 6) is -2.91. The van der Waals surface area contributed by atoms with Crippen molar-refractivity contribution in [2.75, 3.05) is 18.4 Å². The number of hydrogen-bond donors (Lipinski definition) is 2. The van der Waals surface area contributed by atoms with E-state index in [9.17, 15) is 18.0 Å². The SMILES string of the molecule is O=C(CNc1c(F)cc(F)cc1F)NCC1CC1. The highest BCUT2D eigenvalue weighted by molar-refractivity contribution is 5.80. The summed E-state index contributed by atoms with van der Waals surface area (Å²) in [5.41, 5.74) is -0.488. The zero-order valence-electron chi connectivity index (χ0n) is 9.60. The zero-order valence-corrected chi connectivity index (χ0v) is 9.60. The molecule has 1 aromatic carbocycles. The second kappa shape index (κ2) is 5.29. The van der Waals surface area contributed by atoms with Gasteiger partial charge in [0.25, 0.3) is 0 Å². The molecule has 18 heavy (non-hydrogen) atoms. The number of anilines is 1. The van der Waals surface area contributed by atoms with Crippen LogP contribution in [-0.4, -0.2) is 19.0 Å². The van der Waals surface area contributed by atoms with Crippen LogP contribution in [0.25, 0.3) is 0 Å². The van der Waals surface area contributed by atoms with Crippen LogP contribution in [0.15, 0.2) is 12.1 Å². The number of nitrogens with one attached hydrogen (secondary N) is 2. The molecule has 0 bridgehead atoms. The molecule has 0 aliphatic heterocycles. The number of halogens is 3. The lowest BCUT2D eigenvalue weighted by Crippen LogP contribution is -2.31. The normalized spacial score (nSPS) is 14.4. The van der Waals surface area contributed by atoms with E-state index in [2.05, 4.69) is 10.6 Å². The summed E-state index contributed by atoms with van der Waals surface area (Å²) >= 11 is 0. The molecule has 6 heteroatoms. The second-order valence-corrected chi connectivity index (χ2v) is 4.35. The Morgan fingerprint density at radius 3 is 2.39 bits per heavy atom. The smallest absolute Gasteiger partial charge is 0.239 e. The zero-order chi connectivity index (χ0) is 13.1. The molecule has 1 aromatic rings. The van der Waals surface area contributed by atoms with Crippen molar-refractivity contribution >= 4 is 11.6 Å². The Kier molecular flexibility index (Phi) is 3.74. The summed E-state index contributed by atoms with van der Waals surface area (Å²) < 4.78 is 39.1. The van der Waals surface area contributed by atoms with Crippen molar-refractivity contribution in [3.8, 4) is 0 Å². The minimum Gasteiger partial charge on any atom is -0.371 e. The highest BCUT2D eigenvalue weighted by Crippen LogP contribution is 2.27. The molecule has 2 N–H and O–H groups in total. The van der Waals surface area contributed by atoms with Crippen LogP contribution in [0.3, 0.4) is 0 Å². The van der Waals surface area contributed by atoms with Gasteiger partial charge in [-0.2, -0.15) is 0 Å². The topological polar surface area (TPSA) is 41.1 Å². The summed E-state index contributed by atoms with van der Waals surface area (Å²) in [5, 5.41) is 4.97. The Morgan fingerprint density at radius 2 is 1.83 bits per heavy atom. The summed E-state index contributed by atoms with van der Waals surface area (Å²) in [6.07, 6.45) is 2.21. The van der Waals surface area contributed by atoms with Crippen LogP contribution in [0, 0.1) is 23.4 Å². The van der Waals surface area contributed by atoms with Crippen LogP contribution in [0.4, 0.5) is 18.9 Å². The van der Waals surface area contributed by atoms with Gasteiger partial charge in [0.1, 0.15) is 11.5 Å². The first-order chi connectivity index (χ1) is 8.56. The first-order valence-electron chi connectivity index (χ1n) is 5.71. The molecule has 1 fully saturated rings. The molecule has 98 valence electrons. The monoisotopic (exact) mass is 258 g/mol. The van der Waals surface area contributed by atoms with Gasteiger partial charge >= 0.3 is 0 Å². The average molecular weight is 258 g/mol. The number of benzene rings is 1. The molecule has 0 saturated heterocycles. The molecule has 0 aromatic heterocycles. The van der Waals surface area contributed by atoms with Gasteiger partial charge in [-0.1, -0.05) is 0 Å². The van der Waals surface area contributed by atoms with E-state index in [0.717, 1.165) is 12.8 Å². The van der Waals surface area contributed by atoms with Crippen molar-refractivity contribution < 1.29 is 18.0 Å². The van der Waals surface area contributed by atoms with Crippen molar-refractivity contribution in [3.63, 3.8) is 0 Å². The number of amides is 1. The minimum absolute atomic E-state index is 0.244. The van der Waals surface area contributed by atoms with E-state index in [1.165, 1.54) is 0 Å². The lowest BCUT2D eigenvalue weighted by atomic mass is 10.2.